The zero-order valence-corrected chi connectivity index (χ0v) is 11.4. The fourth-order valence-electron chi connectivity index (χ4n) is 2.03. The van der Waals surface area contributed by atoms with Crippen molar-refractivity contribution in [3.05, 3.63) is 29.0 Å². The maximum Gasteiger partial charge on any atom is 0.335 e. The van der Waals surface area contributed by atoms with Crippen LogP contribution >= 0.6 is 11.6 Å². The van der Waals surface area contributed by atoms with Crippen molar-refractivity contribution in [3.8, 4) is 0 Å². The quantitative estimate of drug-likeness (QED) is 0.872. The largest absolute Gasteiger partial charge is 0.335 e. The molecule has 2 rings (SSSR count). The first-order chi connectivity index (χ1) is 9.45. The topological polar surface area (TPSA) is 66.5 Å². The van der Waals surface area contributed by atoms with Gasteiger partial charge >= 0.3 is 6.03 Å². The SMILES string of the molecule is CCCC1C(=O)NC(=O)N(c2ccc(F)c(Cl)c2)C1=O. The molecule has 1 fully saturated rings. The summed E-state index contributed by atoms with van der Waals surface area (Å²) in [6.07, 6.45) is 0.958. The Hall–Kier alpha value is -1.95. The highest BCUT2D eigenvalue weighted by atomic mass is 35.5. The van der Waals surface area contributed by atoms with Crippen LogP contribution in [-0.2, 0) is 9.59 Å². The van der Waals surface area contributed by atoms with Gasteiger partial charge in [0.1, 0.15) is 11.7 Å². The number of hydrogen-bond acceptors (Lipinski definition) is 3. The van der Waals surface area contributed by atoms with E-state index in [9.17, 15) is 18.8 Å². The fraction of sp³-hybridized carbons (Fsp3) is 0.308. The molecule has 1 aliphatic rings. The standard InChI is InChI=1S/C13H12ClFN2O3/c1-2-3-8-11(18)16-13(20)17(12(8)19)7-4-5-10(15)9(14)6-7/h4-6,8H,2-3H2,1H3,(H,16,18,20). The van der Waals surface area contributed by atoms with E-state index in [4.69, 9.17) is 11.6 Å². The number of imide groups is 2. The summed E-state index contributed by atoms with van der Waals surface area (Å²) in [6.45, 7) is 1.83. The molecule has 0 aromatic heterocycles. The van der Waals surface area contributed by atoms with Crippen molar-refractivity contribution in [1.82, 2.24) is 5.32 Å². The van der Waals surface area contributed by atoms with Gasteiger partial charge in [0.05, 0.1) is 10.7 Å². The predicted octanol–water partition coefficient (Wildman–Crippen LogP) is 2.48. The minimum absolute atomic E-state index is 0.132. The van der Waals surface area contributed by atoms with Crippen molar-refractivity contribution in [1.29, 1.82) is 0 Å². The summed E-state index contributed by atoms with van der Waals surface area (Å²) in [5.74, 6) is -2.79. The molecule has 1 N–H and O–H groups in total. The number of benzene rings is 1. The molecule has 0 bridgehead atoms. The van der Waals surface area contributed by atoms with Crippen LogP contribution in [0.4, 0.5) is 14.9 Å². The Balaban J connectivity index is 2.38. The number of halogens is 2. The van der Waals surface area contributed by atoms with Crippen LogP contribution in [0.15, 0.2) is 18.2 Å². The lowest BCUT2D eigenvalue weighted by Crippen LogP contribution is -2.58. The van der Waals surface area contributed by atoms with Crippen molar-refractivity contribution in [2.45, 2.75) is 19.8 Å². The molecule has 1 aliphatic heterocycles. The van der Waals surface area contributed by atoms with Crippen LogP contribution in [0.2, 0.25) is 5.02 Å². The molecule has 20 heavy (non-hydrogen) atoms. The van der Waals surface area contributed by atoms with E-state index in [2.05, 4.69) is 5.32 Å². The third-order valence-electron chi connectivity index (χ3n) is 3.01. The molecular weight excluding hydrogens is 287 g/mol. The summed E-state index contributed by atoms with van der Waals surface area (Å²) >= 11 is 5.64. The van der Waals surface area contributed by atoms with Gasteiger partial charge in [-0.2, -0.15) is 0 Å². The number of amides is 4. The van der Waals surface area contributed by atoms with Gasteiger partial charge in [-0.1, -0.05) is 24.9 Å². The van der Waals surface area contributed by atoms with E-state index in [0.717, 1.165) is 11.0 Å². The second-order valence-corrected chi connectivity index (χ2v) is 4.81. The van der Waals surface area contributed by atoms with E-state index >= 15 is 0 Å². The van der Waals surface area contributed by atoms with Crippen molar-refractivity contribution in [3.63, 3.8) is 0 Å². The number of rotatable bonds is 3. The lowest BCUT2D eigenvalue weighted by atomic mass is 9.99. The Labute approximate surface area is 119 Å². The lowest BCUT2D eigenvalue weighted by molar-refractivity contribution is -0.134. The molecule has 4 amide bonds. The average molecular weight is 299 g/mol. The second kappa shape index (κ2) is 5.58. The minimum Gasteiger partial charge on any atom is -0.277 e. The first kappa shape index (κ1) is 14.5. The Bertz CT molecular complexity index is 591. The third kappa shape index (κ3) is 2.51. The Morgan fingerprint density at radius 2 is 2.05 bits per heavy atom. The molecule has 1 saturated heterocycles. The van der Waals surface area contributed by atoms with Crippen molar-refractivity contribution in [2.24, 2.45) is 5.92 Å². The maximum atomic E-state index is 13.1. The van der Waals surface area contributed by atoms with E-state index in [1.807, 2.05) is 6.92 Å². The van der Waals surface area contributed by atoms with Crippen LogP contribution in [-0.4, -0.2) is 17.8 Å². The third-order valence-corrected chi connectivity index (χ3v) is 3.30. The van der Waals surface area contributed by atoms with Crippen LogP contribution in [0.25, 0.3) is 0 Å². The zero-order valence-electron chi connectivity index (χ0n) is 10.7. The summed E-state index contributed by atoms with van der Waals surface area (Å²) in [4.78, 5) is 36.5. The summed E-state index contributed by atoms with van der Waals surface area (Å²) in [5.41, 5.74) is 0.132. The molecular formula is C13H12ClFN2O3. The first-order valence-corrected chi connectivity index (χ1v) is 6.47. The summed E-state index contributed by atoms with van der Waals surface area (Å²) < 4.78 is 13.1. The number of anilines is 1. The van der Waals surface area contributed by atoms with Crippen LogP contribution < -0.4 is 10.2 Å². The van der Waals surface area contributed by atoms with Crippen molar-refractivity contribution in [2.75, 3.05) is 4.90 Å². The molecule has 1 aromatic carbocycles. The normalized spacial score (nSPS) is 19.2. The summed E-state index contributed by atoms with van der Waals surface area (Å²) in [7, 11) is 0. The van der Waals surface area contributed by atoms with E-state index in [0.29, 0.717) is 12.8 Å². The van der Waals surface area contributed by atoms with Gasteiger partial charge in [0, 0.05) is 0 Å². The Kier molecular flexibility index (Phi) is 4.04. The summed E-state index contributed by atoms with van der Waals surface area (Å²) in [6, 6.07) is 2.64. The molecule has 1 heterocycles. The van der Waals surface area contributed by atoms with E-state index < -0.39 is 29.6 Å². The molecule has 5 nitrogen and oxygen atoms in total. The number of urea groups is 1. The molecule has 1 unspecified atom stereocenters. The molecule has 1 aromatic rings. The molecule has 0 radical (unpaired) electrons. The lowest BCUT2D eigenvalue weighted by Gasteiger charge is -2.30. The highest BCUT2D eigenvalue weighted by Gasteiger charge is 2.40. The first-order valence-electron chi connectivity index (χ1n) is 6.09. The molecule has 106 valence electrons. The number of barbiturate groups is 1. The van der Waals surface area contributed by atoms with Crippen molar-refractivity contribution >= 4 is 35.1 Å². The number of hydrogen-bond donors (Lipinski definition) is 1. The van der Waals surface area contributed by atoms with Crippen LogP contribution in [0.5, 0.6) is 0 Å². The number of nitrogens with one attached hydrogen (secondary N) is 1. The minimum atomic E-state index is -0.915. The van der Waals surface area contributed by atoms with Gasteiger partial charge in [-0.3, -0.25) is 14.9 Å². The Morgan fingerprint density at radius 3 is 2.65 bits per heavy atom. The fourth-order valence-corrected chi connectivity index (χ4v) is 2.20. The van der Waals surface area contributed by atoms with Crippen molar-refractivity contribution < 1.29 is 18.8 Å². The van der Waals surface area contributed by atoms with Crippen LogP contribution in [0.1, 0.15) is 19.8 Å². The van der Waals surface area contributed by atoms with Gasteiger partial charge in [0.2, 0.25) is 11.8 Å². The van der Waals surface area contributed by atoms with Crippen LogP contribution in [0.3, 0.4) is 0 Å². The van der Waals surface area contributed by atoms with E-state index in [1.165, 1.54) is 12.1 Å². The number of carbonyl (C=O) groups excluding carboxylic acids is 3. The van der Waals surface area contributed by atoms with Gasteiger partial charge in [-0.25, -0.2) is 14.1 Å². The molecule has 0 aliphatic carbocycles. The maximum absolute atomic E-state index is 13.1. The predicted molar refractivity (Wildman–Crippen MR) is 70.8 cm³/mol. The number of nitrogens with zero attached hydrogens (tertiary/aromatic N) is 1. The average Bonchev–Trinajstić information content (AvgIpc) is 2.38. The molecule has 0 saturated carbocycles. The zero-order chi connectivity index (χ0) is 14.9. The number of carbonyl (C=O) groups is 3. The van der Waals surface area contributed by atoms with Gasteiger partial charge in [-0.05, 0) is 24.6 Å². The van der Waals surface area contributed by atoms with Gasteiger partial charge in [0.25, 0.3) is 0 Å². The van der Waals surface area contributed by atoms with Gasteiger partial charge in [0.15, 0.2) is 0 Å². The second-order valence-electron chi connectivity index (χ2n) is 4.41. The van der Waals surface area contributed by atoms with E-state index in [-0.39, 0.29) is 10.7 Å². The Morgan fingerprint density at radius 1 is 1.35 bits per heavy atom. The van der Waals surface area contributed by atoms with E-state index in [1.54, 1.807) is 0 Å². The molecule has 0 spiro atoms. The highest BCUT2D eigenvalue weighted by molar-refractivity contribution is 6.32. The van der Waals surface area contributed by atoms with Crippen LogP contribution in [0, 0.1) is 11.7 Å². The monoisotopic (exact) mass is 298 g/mol. The molecule has 1 atom stereocenters. The highest BCUT2D eigenvalue weighted by Crippen LogP contribution is 2.26. The smallest absolute Gasteiger partial charge is 0.277 e. The molecule has 7 heteroatoms. The summed E-state index contributed by atoms with van der Waals surface area (Å²) in [5, 5.41) is 1.92. The van der Waals surface area contributed by atoms with Gasteiger partial charge < -0.3 is 0 Å². The van der Waals surface area contributed by atoms with Gasteiger partial charge in [-0.15, -0.1) is 0 Å².